The van der Waals surface area contributed by atoms with Crippen molar-refractivity contribution in [1.82, 2.24) is 0 Å². The van der Waals surface area contributed by atoms with Gasteiger partial charge in [0, 0.05) is 11.6 Å². The van der Waals surface area contributed by atoms with Crippen molar-refractivity contribution in [1.29, 1.82) is 0 Å². The van der Waals surface area contributed by atoms with Crippen LogP contribution in [0.1, 0.15) is 19.8 Å². The summed E-state index contributed by atoms with van der Waals surface area (Å²) in [6.45, 7) is 2.11. The first-order chi connectivity index (χ1) is 8.45. The van der Waals surface area contributed by atoms with Crippen LogP contribution < -0.4 is 0 Å². The van der Waals surface area contributed by atoms with Gasteiger partial charge in [0.1, 0.15) is 0 Å². The maximum atomic E-state index is 11.8. The van der Waals surface area contributed by atoms with Crippen LogP contribution in [-0.2, 0) is 19.0 Å². The third kappa shape index (κ3) is 5.06. The number of hydrogen-bond donors (Lipinski definition) is 0. The predicted octanol–water partition coefficient (Wildman–Crippen LogP) is 2.97. The molecule has 0 heterocycles. The molecule has 6 heteroatoms. The summed E-state index contributed by atoms with van der Waals surface area (Å²) >= 11 is 3.25. The molecule has 0 aliphatic rings. The zero-order chi connectivity index (χ0) is 13.6. The van der Waals surface area contributed by atoms with Crippen LogP contribution in [0.15, 0.2) is 33.6 Å². The van der Waals surface area contributed by atoms with Crippen LogP contribution in [0.3, 0.4) is 0 Å². The summed E-state index contributed by atoms with van der Waals surface area (Å²) in [5.74, 6) is 0. The monoisotopic (exact) mass is 336 g/mol. The lowest BCUT2D eigenvalue weighted by molar-refractivity contribution is 0.104. The van der Waals surface area contributed by atoms with E-state index in [1.807, 2.05) is 6.92 Å². The zero-order valence-electron chi connectivity index (χ0n) is 10.4. The van der Waals surface area contributed by atoms with E-state index in [0.29, 0.717) is 6.42 Å². The van der Waals surface area contributed by atoms with Crippen molar-refractivity contribution in [2.45, 2.75) is 30.8 Å². The van der Waals surface area contributed by atoms with Gasteiger partial charge in [-0.1, -0.05) is 15.9 Å². The van der Waals surface area contributed by atoms with Crippen LogP contribution in [0.4, 0.5) is 0 Å². The Morgan fingerprint density at radius 2 is 1.89 bits per heavy atom. The predicted molar refractivity (Wildman–Crippen MR) is 73.0 cm³/mol. The summed E-state index contributed by atoms with van der Waals surface area (Å²) < 4.78 is 34.4. The molecule has 4 nitrogen and oxygen atoms in total. The van der Waals surface area contributed by atoms with E-state index in [1.165, 1.54) is 12.1 Å². The van der Waals surface area contributed by atoms with E-state index in [0.717, 1.165) is 10.9 Å². The molecule has 0 bridgehead atoms. The van der Waals surface area contributed by atoms with Crippen LogP contribution in [0.5, 0.6) is 0 Å². The van der Waals surface area contributed by atoms with E-state index in [9.17, 15) is 8.42 Å². The topological polar surface area (TPSA) is 52.6 Å². The van der Waals surface area contributed by atoms with Gasteiger partial charge in [-0.15, -0.1) is 0 Å². The minimum absolute atomic E-state index is 0.115. The largest absolute Gasteiger partial charge is 0.382 e. The Morgan fingerprint density at radius 3 is 2.44 bits per heavy atom. The summed E-state index contributed by atoms with van der Waals surface area (Å²) in [4.78, 5) is 0.172. The SMILES string of the molecule is COC(C)CCCOS(=O)(=O)c1ccc(Br)cc1. The lowest BCUT2D eigenvalue weighted by Gasteiger charge is -2.09. The number of methoxy groups -OCH3 is 1. The molecule has 1 atom stereocenters. The van der Waals surface area contributed by atoms with Gasteiger partial charge in [0.2, 0.25) is 0 Å². The second-order valence-electron chi connectivity index (χ2n) is 3.92. The Balaban J connectivity index is 2.48. The Hall–Kier alpha value is -0.430. The normalized spacial score (nSPS) is 13.5. The van der Waals surface area contributed by atoms with Crippen LogP contribution >= 0.6 is 15.9 Å². The quantitative estimate of drug-likeness (QED) is 0.567. The van der Waals surface area contributed by atoms with Crippen molar-refractivity contribution in [3.63, 3.8) is 0 Å². The highest BCUT2D eigenvalue weighted by Gasteiger charge is 2.14. The Kier molecular flexibility index (Phi) is 6.28. The maximum Gasteiger partial charge on any atom is 0.296 e. The standard InChI is InChI=1S/C12H17BrO4S/c1-10(16-2)4-3-9-17-18(14,15)12-7-5-11(13)6-8-12/h5-8,10H,3-4,9H2,1-2H3. The molecular formula is C12H17BrO4S. The van der Waals surface area contributed by atoms with Crippen molar-refractivity contribution >= 4 is 26.0 Å². The molecule has 0 N–H and O–H groups in total. The average Bonchev–Trinajstić information content (AvgIpc) is 2.35. The third-order valence-electron chi connectivity index (χ3n) is 2.50. The minimum Gasteiger partial charge on any atom is -0.382 e. The van der Waals surface area contributed by atoms with Gasteiger partial charge in [-0.3, -0.25) is 4.18 Å². The average molecular weight is 337 g/mol. The number of rotatable bonds is 7. The third-order valence-corrected chi connectivity index (χ3v) is 4.35. The van der Waals surface area contributed by atoms with E-state index in [-0.39, 0.29) is 17.6 Å². The summed E-state index contributed by atoms with van der Waals surface area (Å²) in [6, 6.07) is 6.36. The molecule has 0 saturated carbocycles. The van der Waals surface area contributed by atoms with E-state index in [1.54, 1.807) is 19.2 Å². The van der Waals surface area contributed by atoms with E-state index < -0.39 is 10.1 Å². The number of hydrogen-bond acceptors (Lipinski definition) is 4. The molecule has 1 aromatic carbocycles. The van der Waals surface area contributed by atoms with Crippen molar-refractivity contribution < 1.29 is 17.3 Å². The molecule has 1 unspecified atom stereocenters. The fourth-order valence-electron chi connectivity index (χ4n) is 1.33. The highest BCUT2D eigenvalue weighted by molar-refractivity contribution is 9.10. The van der Waals surface area contributed by atoms with Crippen LogP contribution in [-0.4, -0.2) is 28.2 Å². The summed E-state index contributed by atoms with van der Waals surface area (Å²) in [5.41, 5.74) is 0. The van der Waals surface area contributed by atoms with Gasteiger partial charge in [0.15, 0.2) is 0 Å². The molecule has 102 valence electrons. The van der Waals surface area contributed by atoms with E-state index in [2.05, 4.69) is 15.9 Å². The number of benzene rings is 1. The van der Waals surface area contributed by atoms with Gasteiger partial charge >= 0.3 is 0 Å². The molecule has 0 amide bonds. The van der Waals surface area contributed by atoms with Crippen LogP contribution in [0, 0.1) is 0 Å². The molecule has 0 aliphatic carbocycles. The second kappa shape index (κ2) is 7.23. The highest BCUT2D eigenvalue weighted by atomic mass is 79.9. The Morgan fingerprint density at radius 1 is 1.28 bits per heavy atom. The summed E-state index contributed by atoms with van der Waals surface area (Å²) in [6.07, 6.45) is 1.53. The lowest BCUT2D eigenvalue weighted by atomic mass is 10.2. The Labute approximate surface area is 117 Å². The first kappa shape index (κ1) is 15.6. The molecule has 0 fully saturated rings. The summed E-state index contributed by atoms with van der Waals surface area (Å²) in [7, 11) is -2.01. The molecule has 0 radical (unpaired) electrons. The van der Waals surface area contributed by atoms with Gasteiger partial charge in [-0.25, -0.2) is 0 Å². The number of halogens is 1. The molecular weight excluding hydrogens is 320 g/mol. The lowest BCUT2D eigenvalue weighted by Crippen LogP contribution is -2.10. The Bertz CT molecular complexity index is 455. The minimum atomic E-state index is -3.64. The molecule has 18 heavy (non-hydrogen) atoms. The first-order valence-corrected chi connectivity index (χ1v) is 7.83. The zero-order valence-corrected chi connectivity index (χ0v) is 12.8. The molecule has 0 aromatic heterocycles. The van der Waals surface area contributed by atoms with Gasteiger partial charge in [0.05, 0.1) is 17.6 Å². The first-order valence-electron chi connectivity index (χ1n) is 5.63. The van der Waals surface area contributed by atoms with Crippen molar-refractivity contribution in [2.24, 2.45) is 0 Å². The smallest absolute Gasteiger partial charge is 0.296 e. The molecule has 0 saturated heterocycles. The van der Waals surface area contributed by atoms with Gasteiger partial charge < -0.3 is 4.74 Å². The fourth-order valence-corrected chi connectivity index (χ4v) is 2.53. The number of ether oxygens (including phenoxy) is 1. The van der Waals surface area contributed by atoms with Gasteiger partial charge in [-0.2, -0.15) is 8.42 Å². The molecule has 1 aromatic rings. The van der Waals surface area contributed by atoms with Crippen LogP contribution in [0.2, 0.25) is 0 Å². The molecule has 0 spiro atoms. The fraction of sp³-hybridized carbons (Fsp3) is 0.500. The van der Waals surface area contributed by atoms with Crippen molar-refractivity contribution in [3.05, 3.63) is 28.7 Å². The summed E-state index contributed by atoms with van der Waals surface area (Å²) in [5, 5.41) is 0. The second-order valence-corrected chi connectivity index (χ2v) is 6.45. The molecule has 1 rings (SSSR count). The van der Waals surface area contributed by atoms with Gasteiger partial charge in [-0.05, 0) is 44.0 Å². The highest BCUT2D eigenvalue weighted by Crippen LogP contribution is 2.17. The van der Waals surface area contributed by atoms with E-state index >= 15 is 0 Å². The van der Waals surface area contributed by atoms with Gasteiger partial charge in [0.25, 0.3) is 10.1 Å². The molecule has 0 aliphatic heterocycles. The van der Waals surface area contributed by atoms with Crippen LogP contribution in [0.25, 0.3) is 0 Å². The van der Waals surface area contributed by atoms with E-state index in [4.69, 9.17) is 8.92 Å². The maximum absolute atomic E-state index is 11.8. The van der Waals surface area contributed by atoms with Crippen molar-refractivity contribution in [3.8, 4) is 0 Å². The van der Waals surface area contributed by atoms with Crippen molar-refractivity contribution in [2.75, 3.05) is 13.7 Å².